The van der Waals surface area contributed by atoms with Gasteiger partial charge < -0.3 is 10.5 Å². The number of nitrogens with two attached hydrogens (primary N) is 1. The lowest BCUT2D eigenvalue weighted by atomic mass is 10.1. The topological polar surface area (TPSA) is 51.4 Å². The van der Waals surface area contributed by atoms with Gasteiger partial charge in [-0.3, -0.25) is 4.90 Å². The van der Waals surface area contributed by atoms with Crippen LogP contribution >= 0.6 is 0 Å². The van der Waals surface area contributed by atoms with E-state index >= 15 is 0 Å². The van der Waals surface area contributed by atoms with E-state index in [4.69, 9.17) is 10.5 Å². The average molecular weight is 221 g/mol. The van der Waals surface area contributed by atoms with E-state index in [0.29, 0.717) is 18.5 Å². The Labute approximate surface area is 96.4 Å². The maximum Gasteiger partial charge on any atom is 0.212 e. The third kappa shape index (κ3) is 2.33. The van der Waals surface area contributed by atoms with Crippen LogP contribution in [-0.4, -0.2) is 36.6 Å². The molecule has 1 aliphatic heterocycles. The van der Waals surface area contributed by atoms with Crippen LogP contribution in [0.15, 0.2) is 18.3 Å². The second-order valence-electron chi connectivity index (χ2n) is 4.13. The number of hydrogen-bond acceptors (Lipinski definition) is 4. The summed E-state index contributed by atoms with van der Waals surface area (Å²) in [6.07, 6.45) is 4.43. The van der Waals surface area contributed by atoms with E-state index in [9.17, 15) is 0 Å². The van der Waals surface area contributed by atoms with Crippen LogP contribution in [0.3, 0.4) is 0 Å². The SMILES string of the molecule is COc1ccc(C(CN)N2CCCC2)cn1. The van der Waals surface area contributed by atoms with Gasteiger partial charge in [-0.25, -0.2) is 4.98 Å². The van der Waals surface area contributed by atoms with Gasteiger partial charge in [0.15, 0.2) is 0 Å². The lowest BCUT2D eigenvalue weighted by molar-refractivity contribution is 0.250. The highest BCUT2D eigenvalue weighted by Gasteiger charge is 2.22. The number of rotatable bonds is 4. The molecule has 2 rings (SSSR count). The number of hydrogen-bond donors (Lipinski definition) is 1. The number of likely N-dealkylation sites (tertiary alicyclic amines) is 1. The van der Waals surface area contributed by atoms with E-state index in [1.54, 1.807) is 7.11 Å². The molecule has 1 aliphatic rings. The van der Waals surface area contributed by atoms with Gasteiger partial charge in [-0.2, -0.15) is 0 Å². The van der Waals surface area contributed by atoms with Gasteiger partial charge in [0, 0.05) is 24.8 Å². The third-order valence-electron chi connectivity index (χ3n) is 3.16. The molecule has 2 heterocycles. The number of methoxy groups -OCH3 is 1. The summed E-state index contributed by atoms with van der Waals surface area (Å²) in [5.74, 6) is 0.654. The van der Waals surface area contributed by atoms with Crippen molar-refractivity contribution in [3.8, 4) is 5.88 Å². The van der Waals surface area contributed by atoms with Crippen molar-refractivity contribution in [3.05, 3.63) is 23.9 Å². The van der Waals surface area contributed by atoms with Gasteiger partial charge in [0.05, 0.1) is 7.11 Å². The Balaban J connectivity index is 2.12. The van der Waals surface area contributed by atoms with Crippen LogP contribution in [0.4, 0.5) is 0 Å². The Morgan fingerprint density at radius 1 is 1.44 bits per heavy atom. The molecule has 1 saturated heterocycles. The first kappa shape index (κ1) is 11.4. The molecule has 1 fully saturated rings. The molecule has 0 radical (unpaired) electrons. The largest absolute Gasteiger partial charge is 0.481 e. The van der Waals surface area contributed by atoms with Crippen LogP contribution in [-0.2, 0) is 0 Å². The van der Waals surface area contributed by atoms with E-state index in [1.807, 2.05) is 12.3 Å². The Kier molecular flexibility index (Phi) is 3.74. The monoisotopic (exact) mass is 221 g/mol. The maximum absolute atomic E-state index is 5.85. The van der Waals surface area contributed by atoms with E-state index in [-0.39, 0.29) is 0 Å². The first-order valence-corrected chi connectivity index (χ1v) is 5.79. The van der Waals surface area contributed by atoms with Crippen LogP contribution < -0.4 is 10.5 Å². The summed E-state index contributed by atoms with van der Waals surface area (Å²) in [4.78, 5) is 6.67. The van der Waals surface area contributed by atoms with E-state index in [0.717, 1.165) is 13.1 Å². The molecule has 2 N–H and O–H groups in total. The van der Waals surface area contributed by atoms with Crippen molar-refractivity contribution >= 4 is 0 Å². The lowest BCUT2D eigenvalue weighted by Crippen LogP contribution is -2.31. The van der Waals surface area contributed by atoms with Crippen molar-refractivity contribution < 1.29 is 4.74 Å². The van der Waals surface area contributed by atoms with Gasteiger partial charge in [0.1, 0.15) is 0 Å². The zero-order valence-corrected chi connectivity index (χ0v) is 9.72. The van der Waals surface area contributed by atoms with E-state index in [1.165, 1.54) is 18.4 Å². The molecular weight excluding hydrogens is 202 g/mol. The quantitative estimate of drug-likeness (QED) is 0.829. The predicted molar refractivity (Wildman–Crippen MR) is 63.4 cm³/mol. The van der Waals surface area contributed by atoms with Crippen molar-refractivity contribution in [2.45, 2.75) is 18.9 Å². The highest BCUT2D eigenvalue weighted by atomic mass is 16.5. The molecule has 1 unspecified atom stereocenters. The second-order valence-corrected chi connectivity index (χ2v) is 4.13. The molecule has 4 nitrogen and oxygen atoms in total. The smallest absolute Gasteiger partial charge is 0.212 e. The van der Waals surface area contributed by atoms with Crippen molar-refractivity contribution in [2.24, 2.45) is 5.73 Å². The van der Waals surface area contributed by atoms with Gasteiger partial charge in [-0.15, -0.1) is 0 Å². The van der Waals surface area contributed by atoms with Gasteiger partial charge in [-0.05, 0) is 31.5 Å². The Morgan fingerprint density at radius 2 is 2.19 bits per heavy atom. The summed E-state index contributed by atoms with van der Waals surface area (Å²) in [5, 5.41) is 0. The molecule has 1 aromatic heterocycles. The molecule has 4 heteroatoms. The number of nitrogens with zero attached hydrogens (tertiary/aromatic N) is 2. The molecular formula is C12H19N3O. The summed E-state index contributed by atoms with van der Waals surface area (Å²) in [6, 6.07) is 4.26. The minimum Gasteiger partial charge on any atom is -0.481 e. The normalized spacial score (nSPS) is 18.6. The average Bonchev–Trinajstić information content (AvgIpc) is 2.85. The van der Waals surface area contributed by atoms with Gasteiger partial charge in [0.25, 0.3) is 0 Å². The fourth-order valence-corrected chi connectivity index (χ4v) is 2.26. The van der Waals surface area contributed by atoms with E-state index < -0.39 is 0 Å². The van der Waals surface area contributed by atoms with E-state index in [2.05, 4.69) is 16.0 Å². The Morgan fingerprint density at radius 3 is 2.69 bits per heavy atom. The fraction of sp³-hybridized carbons (Fsp3) is 0.583. The van der Waals surface area contributed by atoms with Crippen LogP contribution in [0.5, 0.6) is 5.88 Å². The fourth-order valence-electron chi connectivity index (χ4n) is 2.26. The van der Waals surface area contributed by atoms with Gasteiger partial charge in [-0.1, -0.05) is 6.07 Å². The van der Waals surface area contributed by atoms with Crippen LogP contribution in [0, 0.1) is 0 Å². The Hall–Kier alpha value is -1.13. The highest BCUT2D eigenvalue weighted by molar-refractivity contribution is 5.21. The number of pyridine rings is 1. The Bertz CT molecular complexity index is 320. The molecule has 16 heavy (non-hydrogen) atoms. The van der Waals surface area contributed by atoms with Crippen molar-refractivity contribution in [1.82, 2.24) is 9.88 Å². The molecule has 1 atom stereocenters. The molecule has 0 aromatic carbocycles. The molecule has 0 saturated carbocycles. The number of ether oxygens (including phenoxy) is 1. The molecule has 0 bridgehead atoms. The van der Waals surface area contributed by atoms with Crippen LogP contribution in [0.1, 0.15) is 24.4 Å². The zero-order valence-electron chi connectivity index (χ0n) is 9.72. The van der Waals surface area contributed by atoms with Gasteiger partial charge >= 0.3 is 0 Å². The van der Waals surface area contributed by atoms with Crippen LogP contribution in [0.2, 0.25) is 0 Å². The highest BCUT2D eigenvalue weighted by Crippen LogP contribution is 2.24. The second kappa shape index (κ2) is 5.27. The molecule has 88 valence electrons. The number of aromatic nitrogens is 1. The molecule has 1 aromatic rings. The standard InChI is InChI=1S/C12H19N3O/c1-16-12-5-4-10(9-14-12)11(8-13)15-6-2-3-7-15/h4-5,9,11H,2-3,6-8,13H2,1H3. The molecule has 0 spiro atoms. The third-order valence-corrected chi connectivity index (χ3v) is 3.16. The summed E-state index contributed by atoms with van der Waals surface area (Å²) in [6.45, 7) is 2.94. The minimum atomic E-state index is 0.306. The predicted octanol–water partition coefficient (Wildman–Crippen LogP) is 1.19. The maximum atomic E-state index is 5.85. The van der Waals surface area contributed by atoms with Crippen LogP contribution in [0.25, 0.3) is 0 Å². The zero-order chi connectivity index (χ0) is 11.4. The van der Waals surface area contributed by atoms with Crippen molar-refractivity contribution in [2.75, 3.05) is 26.7 Å². The molecule has 0 amide bonds. The summed E-state index contributed by atoms with van der Waals surface area (Å²) in [7, 11) is 1.63. The van der Waals surface area contributed by atoms with Gasteiger partial charge in [0.2, 0.25) is 5.88 Å². The minimum absolute atomic E-state index is 0.306. The molecule has 0 aliphatic carbocycles. The lowest BCUT2D eigenvalue weighted by Gasteiger charge is -2.26. The summed E-state index contributed by atoms with van der Waals surface area (Å²) >= 11 is 0. The van der Waals surface area contributed by atoms with Crippen molar-refractivity contribution in [3.63, 3.8) is 0 Å². The first-order chi connectivity index (χ1) is 7.85. The summed E-state index contributed by atoms with van der Waals surface area (Å²) < 4.78 is 5.05. The van der Waals surface area contributed by atoms with Crippen molar-refractivity contribution in [1.29, 1.82) is 0 Å². The first-order valence-electron chi connectivity index (χ1n) is 5.79. The summed E-state index contributed by atoms with van der Waals surface area (Å²) in [5.41, 5.74) is 7.04.